The molecule has 0 radical (unpaired) electrons. The summed E-state index contributed by atoms with van der Waals surface area (Å²) < 4.78 is 8.36. The van der Waals surface area contributed by atoms with Gasteiger partial charge < -0.3 is 9.84 Å². The molecule has 1 aromatic heterocycles. The molecule has 1 aliphatic heterocycles. The third kappa shape index (κ3) is 2.56. The van der Waals surface area contributed by atoms with E-state index in [2.05, 4.69) is 0 Å². The van der Waals surface area contributed by atoms with E-state index in [0.29, 0.717) is 11.3 Å². The maximum atomic E-state index is 12.8. The average molecular weight is 353 g/mol. The van der Waals surface area contributed by atoms with E-state index >= 15 is 0 Å². The Morgan fingerprint density at radius 3 is 2.50 bits per heavy atom. The van der Waals surface area contributed by atoms with Crippen LogP contribution in [0.1, 0.15) is 23.0 Å². The maximum Gasteiger partial charge on any atom is 0.334 e. The lowest BCUT2D eigenvalue weighted by molar-refractivity contribution is -0.384. The first kappa shape index (κ1) is 16.1. The summed E-state index contributed by atoms with van der Waals surface area (Å²) in [4.78, 5) is 23.1. The zero-order chi connectivity index (χ0) is 18.3. The lowest BCUT2D eigenvalue weighted by Crippen LogP contribution is -2.27. The number of aromatic nitrogens is 2. The van der Waals surface area contributed by atoms with Crippen LogP contribution in [0.15, 0.2) is 59.4 Å². The fourth-order valence-electron chi connectivity index (χ4n) is 3.12. The van der Waals surface area contributed by atoms with Gasteiger partial charge in [0.1, 0.15) is 5.69 Å². The maximum absolute atomic E-state index is 12.8. The summed E-state index contributed by atoms with van der Waals surface area (Å²) in [5.74, 6) is -0.146. The van der Waals surface area contributed by atoms with Crippen molar-refractivity contribution in [2.45, 2.75) is 19.4 Å². The van der Waals surface area contributed by atoms with Gasteiger partial charge in [-0.15, -0.1) is 0 Å². The van der Waals surface area contributed by atoms with Crippen LogP contribution in [-0.4, -0.2) is 19.2 Å². The number of fused-ring (bicyclic) bond motifs is 1. The molecule has 0 spiro atoms. The number of non-ortho nitro benzene ring substituents is 1. The van der Waals surface area contributed by atoms with E-state index in [0.717, 1.165) is 5.56 Å². The van der Waals surface area contributed by atoms with Crippen molar-refractivity contribution in [2.75, 3.05) is 0 Å². The second kappa shape index (κ2) is 6.16. The highest BCUT2D eigenvalue weighted by atomic mass is 16.6. The molecular formula is C18H15N3O5. The number of rotatable bonds is 4. The second-order valence-electron chi connectivity index (χ2n) is 6.01. The standard InChI is InChI=1S/C18H15N3O5/c22-16-15-11-26-17(13-4-2-1-3-5-13)20(15)18(23)19(16)10-12-6-8-14(9-7-12)21(24)25/h1-9,17,22H,10-11H2. The van der Waals surface area contributed by atoms with Crippen molar-refractivity contribution in [3.05, 3.63) is 92.0 Å². The zero-order valence-corrected chi connectivity index (χ0v) is 13.6. The van der Waals surface area contributed by atoms with Gasteiger partial charge in [-0.1, -0.05) is 42.5 Å². The van der Waals surface area contributed by atoms with E-state index in [1.54, 1.807) is 12.1 Å². The minimum absolute atomic E-state index is 0.0257. The lowest BCUT2D eigenvalue weighted by atomic mass is 10.2. The van der Waals surface area contributed by atoms with Gasteiger partial charge in [0, 0.05) is 17.7 Å². The predicted molar refractivity (Wildman–Crippen MR) is 91.9 cm³/mol. The van der Waals surface area contributed by atoms with Crippen molar-refractivity contribution in [3.63, 3.8) is 0 Å². The zero-order valence-electron chi connectivity index (χ0n) is 13.6. The molecule has 132 valence electrons. The fourth-order valence-corrected chi connectivity index (χ4v) is 3.12. The van der Waals surface area contributed by atoms with Crippen molar-refractivity contribution < 1.29 is 14.8 Å². The highest BCUT2D eigenvalue weighted by Crippen LogP contribution is 2.32. The first-order chi connectivity index (χ1) is 12.6. The van der Waals surface area contributed by atoms with E-state index in [9.17, 15) is 20.0 Å². The van der Waals surface area contributed by atoms with Gasteiger partial charge in [0.05, 0.1) is 18.1 Å². The quantitative estimate of drug-likeness (QED) is 0.573. The molecule has 26 heavy (non-hydrogen) atoms. The molecule has 3 aromatic rings. The molecule has 0 saturated heterocycles. The molecule has 2 aromatic carbocycles. The van der Waals surface area contributed by atoms with Gasteiger partial charge >= 0.3 is 5.69 Å². The van der Waals surface area contributed by atoms with Crippen LogP contribution >= 0.6 is 0 Å². The lowest BCUT2D eigenvalue weighted by Gasteiger charge is -2.12. The summed E-state index contributed by atoms with van der Waals surface area (Å²) in [6.07, 6.45) is -0.581. The Balaban J connectivity index is 1.69. The molecule has 1 aliphatic rings. The molecule has 8 nitrogen and oxygen atoms in total. The molecule has 1 N–H and O–H groups in total. The van der Waals surface area contributed by atoms with E-state index in [-0.39, 0.29) is 30.4 Å². The normalized spacial score (nSPS) is 15.8. The molecule has 1 atom stereocenters. The summed E-state index contributed by atoms with van der Waals surface area (Å²) >= 11 is 0. The molecule has 4 rings (SSSR count). The van der Waals surface area contributed by atoms with Crippen LogP contribution in [0, 0.1) is 10.1 Å². The Hall–Kier alpha value is -3.39. The molecule has 0 saturated carbocycles. The molecule has 8 heteroatoms. The highest BCUT2D eigenvalue weighted by molar-refractivity contribution is 5.34. The van der Waals surface area contributed by atoms with Crippen LogP contribution in [0.5, 0.6) is 5.88 Å². The molecule has 0 aliphatic carbocycles. The average Bonchev–Trinajstić information content (AvgIpc) is 3.19. The Bertz CT molecular complexity index is 1020. The van der Waals surface area contributed by atoms with E-state index in [1.165, 1.54) is 21.3 Å². The van der Waals surface area contributed by atoms with Gasteiger partial charge in [0.15, 0.2) is 6.23 Å². The summed E-state index contributed by atoms with van der Waals surface area (Å²) in [6, 6.07) is 15.2. The summed E-state index contributed by atoms with van der Waals surface area (Å²) in [7, 11) is 0. The topological polar surface area (TPSA) is 99.5 Å². The van der Waals surface area contributed by atoms with Crippen LogP contribution in [0.4, 0.5) is 5.69 Å². The van der Waals surface area contributed by atoms with Gasteiger partial charge in [-0.2, -0.15) is 0 Å². The first-order valence-corrected chi connectivity index (χ1v) is 7.99. The minimum Gasteiger partial charge on any atom is -0.493 e. The number of nitro groups is 1. The van der Waals surface area contributed by atoms with E-state index < -0.39 is 11.2 Å². The number of nitro benzene ring substituents is 1. The number of nitrogens with zero attached hydrogens (tertiary/aromatic N) is 3. The van der Waals surface area contributed by atoms with Crippen molar-refractivity contribution in [2.24, 2.45) is 0 Å². The molecular weight excluding hydrogens is 338 g/mol. The van der Waals surface area contributed by atoms with E-state index in [1.807, 2.05) is 30.3 Å². The van der Waals surface area contributed by atoms with Crippen molar-refractivity contribution in [1.29, 1.82) is 0 Å². The van der Waals surface area contributed by atoms with Crippen molar-refractivity contribution >= 4 is 5.69 Å². The summed E-state index contributed by atoms with van der Waals surface area (Å²) in [5, 5.41) is 21.2. The Labute approximate surface area is 147 Å². The second-order valence-corrected chi connectivity index (χ2v) is 6.01. The third-order valence-corrected chi connectivity index (χ3v) is 4.43. The third-order valence-electron chi connectivity index (χ3n) is 4.43. The molecule has 1 unspecified atom stereocenters. The number of hydrogen-bond donors (Lipinski definition) is 1. The number of aromatic hydroxyl groups is 1. The highest BCUT2D eigenvalue weighted by Gasteiger charge is 2.32. The number of ether oxygens (including phenoxy) is 1. The Kier molecular flexibility index (Phi) is 3.81. The van der Waals surface area contributed by atoms with Gasteiger partial charge in [-0.3, -0.25) is 19.2 Å². The number of hydrogen-bond acceptors (Lipinski definition) is 5. The monoisotopic (exact) mass is 353 g/mol. The first-order valence-electron chi connectivity index (χ1n) is 7.99. The Morgan fingerprint density at radius 2 is 1.85 bits per heavy atom. The van der Waals surface area contributed by atoms with Crippen molar-refractivity contribution in [3.8, 4) is 5.88 Å². The van der Waals surface area contributed by atoms with Gasteiger partial charge in [0.2, 0.25) is 5.88 Å². The minimum atomic E-state index is -0.581. The van der Waals surface area contributed by atoms with Crippen LogP contribution in [0.2, 0.25) is 0 Å². The van der Waals surface area contributed by atoms with Gasteiger partial charge in [-0.25, -0.2) is 4.79 Å². The SMILES string of the molecule is O=c1n(Cc2ccc([N+](=O)[O-])cc2)c(O)c2n1C(c1ccccc1)OC2. The smallest absolute Gasteiger partial charge is 0.334 e. The number of benzene rings is 2. The van der Waals surface area contributed by atoms with Gasteiger partial charge in [-0.05, 0) is 5.56 Å². The predicted octanol–water partition coefficient (Wildman–Crippen LogP) is 2.39. The molecule has 2 heterocycles. The van der Waals surface area contributed by atoms with Crippen LogP contribution in [-0.2, 0) is 17.9 Å². The molecule has 0 amide bonds. The molecule has 0 bridgehead atoms. The Morgan fingerprint density at radius 1 is 1.15 bits per heavy atom. The van der Waals surface area contributed by atoms with Crippen LogP contribution in [0.25, 0.3) is 0 Å². The fraction of sp³-hybridized carbons (Fsp3) is 0.167. The van der Waals surface area contributed by atoms with Gasteiger partial charge in [0.25, 0.3) is 5.69 Å². The molecule has 0 fully saturated rings. The van der Waals surface area contributed by atoms with E-state index in [4.69, 9.17) is 4.74 Å². The summed E-state index contributed by atoms with van der Waals surface area (Å²) in [5.41, 5.74) is 1.51. The number of imidazole rings is 1. The van der Waals surface area contributed by atoms with Crippen LogP contribution < -0.4 is 5.69 Å². The van der Waals surface area contributed by atoms with Crippen molar-refractivity contribution in [1.82, 2.24) is 9.13 Å². The van der Waals surface area contributed by atoms with Crippen LogP contribution in [0.3, 0.4) is 0 Å². The largest absolute Gasteiger partial charge is 0.493 e. The summed E-state index contributed by atoms with van der Waals surface area (Å²) in [6.45, 7) is 0.248.